The second-order valence-electron chi connectivity index (χ2n) is 5.69. The van der Waals surface area contributed by atoms with E-state index in [9.17, 15) is 14.0 Å². The summed E-state index contributed by atoms with van der Waals surface area (Å²) < 4.78 is 13.2. The van der Waals surface area contributed by atoms with E-state index in [1.165, 1.54) is 18.2 Å². The average Bonchev–Trinajstić information content (AvgIpc) is 2.65. The first-order chi connectivity index (χ1) is 12.6. The summed E-state index contributed by atoms with van der Waals surface area (Å²) in [5.41, 5.74) is 2.34. The van der Waals surface area contributed by atoms with Crippen LogP contribution in [0.1, 0.15) is 21.5 Å². The molecule has 4 heteroatoms. The van der Waals surface area contributed by atoms with Crippen LogP contribution in [0.4, 0.5) is 4.39 Å². The zero-order valence-electron chi connectivity index (χ0n) is 13.7. The van der Waals surface area contributed by atoms with E-state index in [0.717, 1.165) is 23.1 Å². The fourth-order valence-corrected chi connectivity index (χ4v) is 2.81. The number of rotatable bonds is 5. The number of aliphatic carboxylic acids is 1. The van der Waals surface area contributed by atoms with Crippen LogP contribution in [-0.4, -0.2) is 17.4 Å². The van der Waals surface area contributed by atoms with E-state index in [1.807, 2.05) is 30.3 Å². The molecule has 0 atom stereocenters. The summed E-state index contributed by atoms with van der Waals surface area (Å²) in [6.45, 7) is 0. The van der Waals surface area contributed by atoms with Crippen molar-refractivity contribution in [1.82, 2.24) is 0 Å². The minimum atomic E-state index is -1.09. The molecule has 26 heavy (non-hydrogen) atoms. The number of aldehydes is 1. The van der Waals surface area contributed by atoms with E-state index in [2.05, 4.69) is 0 Å². The highest BCUT2D eigenvalue weighted by atomic mass is 19.1. The molecule has 0 aromatic heterocycles. The lowest BCUT2D eigenvalue weighted by Gasteiger charge is -2.11. The number of carbonyl (C=O) groups is 2. The maximum Gasteiger partial charge on any atom is 0.328 e. The molecule has 3 aromatic carbocycles. The summed E-state index contributed by atoms with van der Waals surface area (Å²) in [4.78, 5) is 22.6. The van der Waals surface area contributed by atoms with Crippen molar-refractivity contribution in [1.29, 1.82) is 0 Å². The monoisotopic (exact) mass is 346 g/mol. The van der Waals surface area contributed by atoms with Crippen molar-refractivity contribution in [2.24, 2.45) is 0 Å². The van der Waals surface area contributed by atoms with Crippen LogP contribution in [0.2, 0.25) is 0 Å². The largest absolute Gasteiger partial charge is 0.478 e. The molecule has 0 aliphatic rings. The Morgan fingerprint density at radius 2 is 1.65 bits per heavy atom. The third-order valence-corrected chi connectivity index (χ3v) is 3.97. The summed E-state index contributed by atoms with van der Waals surface area (Å²) in [7, 11) is 0. The Bertz CT molecular complexity index is 1030. The highest BCUT2D eigenvalue weighted by molar-refractivity contribution is 6.07. The molecule has 0 fully saturated rings. The zero-order chi connectivity index (χ0) is 18.5. The van der Waals surface area contributed by atoms with Crippen molar-refractivity contribution in [2.75, 3.05) is 0 Å². The fourth-order valence-electron chi connectivity index (χ4n) is 2.81. The predicted octanol–water partition coefficient (Wildman–Crippen LogP) is 4.97. The van der Waals surface area contributed by atoms with Crippen LogP contribution in [0.25, 0.3) is 22.4 Å². The molecule has 3 aromatic rings. The number of fused-ring (bicyclic) bond motifs is 1. The van der Waals surface area contributed by atoms with Gasteiger partial charge in [-0.1, -0.05) is 48.5 Å². The van der Waals surface area contributed by atoms with E-state index < -0.39 is 5.97 Å². The first kappa shape index (κ1) is 17.3. The lowest BCUT2D eigenvalue weighted by atomic mass is 9.92. The Labute approximate surface area is 149 Å². The van der Waals surface area contributed by atoms with Crippen LogP contribution in [0.5, 0.6) is 0 Å². The van der Waals surface area contributed by atoms with Crippen molar-refractivity contribution >= 4 is 34.7 Å². The molecule has 0 unspecified atom stereocenters. The van der Waals surface area contributed by atoms with Gasteiger partial charge in [-0.05, 0) is 46.2 Å². The molecule has 3 nitrogen and oxygen atoms in total. The molecule has 1 N–H and O–H groups in total. The van der Waals surface area contributed by atoms with Gasteiger partial charge in [0.1, 0.15) is 5.82 Å². The van der Waals surface area contributed by atoms with Gasteiger partial charge in [0.2, 0.25) is 0 Å². The number of benzene rings is 3. The first-order valence-corrected chi connectivity index (χ1v) is 7.94. The molecule has 0 spiro atoms. The third kappa shape index (κ3) is 3.75. The Morgan fingerprint density at radius 1 is 0.923 bits per heavy atom. The maximum absolute atomic E-state index is 13.2. The summed E-state index contributed by atoms with van der Waals surface area (Å²) in [5.74, 6) is -1.45. The van der Waals surface area contributed by atoms with Gasteiger partial charge < -0.3 is 5.11 Å². The second-order valence-corrected chi connectivity index (χ2v) is 5.69. The second kappa shape index (κ2) is 7.57. The number of carboxylic acids is 1. The predicted molar refractivity (Wildman–Crippen MR) is 100 cm³/mol. The van der Waals surface area contributed by atoms with E-state index in [0.29, 0.717) is 22.3 Å². The van der Waals surface area contributed by atoms with Crippen LogP contribution < -0.4 is 0 Å². The van der Waals surface area contributed by atoms with Gasteiger partial charge >= 0.3 is 5.97 Å². The summed E-state index contributed by atoms with van der Waals surface area (Å²) in [6, 6.07) is 16.9. The van der Waals surface area contributed by atoms with Crippen molar-refractivity contribution in [3.63, 3.8) is 0 Å². The molecule has 0 saturated heterocycles. The molecule has 0 radical (unpaired) electrons. The maximum atomic E-state index is 13.2. The van der Waals surface area contributed by atoms with E-state index in [4.69, 9.17) is 5.11 Å². The smallest absolute Gasteiger partial charge is 0.328 e. The number of allylic oxidation sites excluding steroid dienone is 2. The van der Waals surface area contributed by atoms with Gasteiger partial charge in [-0.3, -0.25) is 4.79 Å². The molecule has 0 aliphatic carbocycles. The topological polar surface area (TPSA) is 54.4 Å². The number of carbonyl (C=O) groups excluding carboxylic acids is 1. The standard InChI is InChI=1S/C22H15FO3/c23-19-10-5-15(6-11-19)13-17(9-12-21(25)26)22-18(14-24)8-7-16-3-1-2-4-20(16)22/h1-14H,(H,25,26). The minimum Gasteiger partial charge on any atom is -0.478 e. The van der Waals surface area contributed by atoms with Gasteiger partial charge in [-0.15, -0.1) is 0 Å². The number of halogens is 1. The zero-order valence-corrected chi connectivity index (χ0v) is 13.7. The number of hydrogen-bond acceptors (Lipinski definition) is 2. The Hall–Kier alpha value is -3.53. The SMILES string of the molecule is O=Cc1ccc2ccccc2c1C(C=CC(=O)O)=Cc1ccc(F)cc1. The Morgan fingerprint density at radius 3 is 2.35 bits per heavy atom. The molecular weight excluding hydrogens is 331 g/mol. The summed E-state index contributed by atoms with van der Waals surface area (Å²) >= 11 is 0. The highest BCUT2D eigenvalue weighted by Crippen LogP contribution is 2.30. The normalized spacial score (nSPS) is 11.8. The number of carboxylic acid groups (broad SMARTS) is 1. The molecule has 0 bridgehead atoms. The third-order valence-electron chi connectivity index (χ3n) is 3.97. The summed E-state index contributed by atoms with van der Waals surface area (Å²) in [5, 5.41) is 10.8. The van der Waals surface area contributed by atoms with Gasteiger partial charge in [0.15, 0.2) is 6.29 Å². The van der Waals surface area contributed by atoms with Crippen molar-refractivity contribution in [3.05, 3.63) is 95.3 Å². The van der Waals surface area contributed by atoms with E-state index >= 15 is 0 Å². The van der Waals surface area contributed by atoms with Gasteiger partial charge in [0.05, 0.1) is 0 Å². The van der Waals surface area contributed by atoms with Crippen molar-refractivity contribution < 1.29 is 19.1 Å². The van der Waals surface area contributed by atoms with Crippen molar-refractivity contribution in [2.45, 2.75) is 0 Å². The first-order valence-electron chi connectivity index (χ1n) is 7.94. The molecular formula is C22H15FO3. The van der Waals surface area contributed by atoms with Crippen LogP contribution >= 0.6 is 0 Å². The van der Waals surface area contributed by atoms with Crippen LogP contribution in [0, 0.1) is 5.82 Å². The fraction of sp³-hybridized carbons (Fsp3) is 0. The molecule has 3 rings (SSSR count). The Kier molecular flexibility index (Phi) is 5.04. The van der Waals surface area contributed by atoms with Gasteiger partial charge in [-0.25, -0.2) is 9.18 Å². The quantitative estimate of drug-likeness (QED) is 0.307. The molecule has 0 aliphatic heterocycles. The highest BCUT2D eigenvalue weighted by Gasteiger charge is 2.11. The molecule has 0 heterocycles. The summed E-state index contributed by atoms with van der Waals surface area (Å²) in [6.07, 6.45) is 4.94. The lowest BCUT2D eigenvalue weighted by molar-refractivity contribution is -0.131. The van der Waals surface area contributed by atoms with Gasteiger partial charge in [-0.2, -0.15) is 0 Å². The Balaban J connectivity index is 2.28. The van der Waals surface area contributed by atoms with E-state index in [1.54, 1.807) is 24.3 Å². The van der Waals surface area contributed by atoms with E-state index in [-0.39, 0.29) is 5.82 Å². The molecule has 128 valence electrons. The molecule has 0 saturated carbocycles. The average molecular weight is 346 g/mol. The minimum absolute atomic E-state index is 0.358. The molecule has 0 amide bonds. The lowest BCUT2D eigenvalue weighted by Crippen LogP contribution is -1.95. The van der Waals surface area contributed by atoms with Crippen LogP contribution in [0.3, 0.4) is 0 Å². The van der Waals surface area contributed by atoms with Gasteiger partial charge in [0, 0.05) is 17.2 Å². The van der Waals surface area contributed by atoms with Gasteiger partial charge in [0.25, 0.3) is 0 Å². The number of hydrogen-bond donors (Lipinski definition) is 1. The van der Waals surface area contributed by atoms with Crippen molar-refractivity contribution in [3.8, 4) is 0 Å². The van der Waals surface area contributed by atoms with Crippen LogP contribution in [0.15, 0.2) is 72.8 Å². The van der Waals surface area contributed by atoms with Crippen LogP contribution in [-0.2, 0) is 4.79 Å².